The van der Waals surface area contributed by atoms with Crippen LogP contribution in [0.4, 0.5) is 5.69 Å². The molecule has 1 saturated carbocycles. The fourth-order valence-electron chi connectivity index (χ4n) is 2.91. The summed E-state index contributed by atoms with van der Waals surface area (Å²) in [6, 6.07) is 7.35. The van der Waals surface area contributed by atoms with Crippen LogP contribution in [0.2, 0.25) is 0 Å². The van der Waals surface area contributed by atoms with E-state index < -0.39 is 5.97 Å². The predicted molar refractivity (Wildman–Crippen MR) is 79.3 cm³/mol. The number of nitrogens with one attached hydrogen (secondary N) is 1. The van der Waals surface area contributed by atoms with Gasteiger partial charge in [-0.3, -0.25) is 4.79 Å². The molecule has 1 aromatic carbocycles. The molecule has 0 aromatic heterocycles. The largest absolute Gasteiger partial charge is 0.497 e. The normalized spacial score (nSPS) is 21.3. The first kappa shape index (κ1) is 15.2. The molecule has 0 amide bonds. The van der Waals surface area contributed by atoms with E-state index in [-0.39, 0.29) is 11.8 Å². The lowest BCUT2D eigenvalue weighted by Crippen LogP contribution is -2.31. The Labute approximate surface area is 124 Å². The second-order valence-electron chi connectivity index (χ2n) is 5.39. The Kier molecular flexibility index (Phi) is 5.04. The van der Waals surface area contributed by atoms with Crippen molar-refractivity contribution in [3.63, 3.8) is 0 Å². The van der Waals surface area contributed by atoms with E-state index in [1.165, 1.54) is 0 Å². The van der Waals surface area contributed by atoms with Gasteiger partial charge in [-0.05, 0) is 30.9 Å². The van der Waals surface area contributed by atoms with E-state index in [0.29, 0.717) is 23.5 Å². The van der Waals surface area contributed by atoms with Gasteiger partial charge < -0.3 is 15.2 Å². The predicted octanol–water partition coefficient (Wildman–Crippen LogP) is 2.87. The Morgan fingerprint density at radius 2 is 2.24 bits per heavy atom. The van der Waals surface area contributed by atoms with Crippen molar-refractivity contribution in [1.29, 1.82) is 5.26 Å². The van der Waals surface area contributed by atoms with Crippen LogP contribution in [0.5, 0.6) is 5.75 Å². The molecule has 0 aliphatic heterocycles. The molecule has 112 valence electrons. The molecule has 1 aliphatic rings. The van der Waals surface area contributed by atoms with Crippen LogP contribution in [0.15, 0.2) is 18.2 Å². The Balaban J connectivity index is 2.08. The SMILES string of the molecule is COc1ccc(C#N)c(NCC2CCCCC2C(=O)O)c1. The fraction of sp³-hybridized carbons (Fsp3) is 0.500. The minimum absolute atomic E-state index is 0.106. The summed E-state index contributed by atoms with van der Waals surface area (Å²) in [4.78, 5) is 11.3. The van der Waals surface area contributed by atoms with Gasteiger partial charge in [-0.1, -0.05) is 12.8 Å². The third-order valence-electron chi connectivity index (χ3n) is 4.13. The van der Waals surface area contributed by atoms with Gasteiger partial charge >= 0.3 is 5.97 Å². The molecule has 1 fully saturated rings. The van der Waals surface area contributed by atoms with Crippen LogP contribution >= 0.6 is 0 Å². The fourth-order valence-corrected chi connectivity index (χ4v) is 2.91. The van der Waals surface area contributed by atoms with Crippen LogP contribution in [-0.2, 0) is 4.79 Å². The number of nitriles is 1. The molecule has 2 atom stereocenters. The van der Waals surface area contributed by atoms with Crippen molar-refractivity contribution in [2.45, 2.75) is 25.7 Å². The maximum absolute atomic E-state index is 11.3. The van der Waals surface area contributed by atoms with Crippen molar-refractivity contribution in [3.05, 3.63) is 23.8 Å². The number of ether oxygens (including phenoxy) is 1. The van der Waals surface area contributed by atoms with Crippen molar-refractivity contribution in [2.75, 3.05) is 19.0 Å². The van der Waals surface area contributed by atoms with Gasteiger partial charge in [-0.25, -0.2) is 0 Å². The highest BCUT2D eigenvalue weighted by Gasteiger charge is 2.30. The summed E-state index contributed by atoms with van der Waals surface area (Å²) in [5.74, 6) is -0.223. The third-order valence-corrected chi connectivity index (χ3v) is 4.13. The summed E-state index contributed by atoms with van der Waals surface area (Å²) < 4.78 is 5.16. The molecular formula is C16H20N2O3. The molecule has 0 bridgehead atoms. The maximum atomic E-state index is 11.3. The van der Waals surface area contributed by atoms with E-state index in [4.69, 9.17) is 10.00 Å². The van der Waals surface area contributed by atoms with Gasteiger partial charge in [0.15, 0.2) is 0 Å². The third kappa shape index (κ3) is 3.66. The smallest absolute Gasteiger partial charge is 0.306 e. The quantitative estimate of drug-likeness (QED) is 0.870. The topological polar surface area (TPSA) is 82.3 Å². The number of carboxylic acids is 1. The van der Waals surface area contributed by atoms with Gasteiger partial charge in [-0.15, -0.1) is 0 Å². The van der Waals surface area contributed by atoms with E-state index in [1.54, 1.807) is 25.3 Å². The van der Waals surface area contributed by atoms with Crippen molar-refractivity contribution in [1.82, 2.24) is 0 Å². The number of carbonyl (C=O) groups is 1. The second kappa shape index (κ2) is 6.98. The van der Waals surface area contributed by atoms with Crippen molar-refractivity contribution in [3.8, 4) is 11.8 Å². The highest BCUT2D eigenvalue weighted by atomic mass is 16.5. The molecule has 0 spiro atoms. The summed E-state index contributed by atoms with van der Waals surface area (Å²) in [6.45, 7) is 0.568. The van der Waals surface area contributed by atoms with Gasteiger partial charge in [-0.2, -0.15) is 5.26 Å². The number of benzene rings is 1. The first-order valence-electron chi connectivity index (χ1n) is 7.20. The minimum Gasteiger partial charge on any atom is -0.497 e. The van der Waals surface area contributed by atoms with E-state index in [1.807, 2.05) is 0 Å². The average molecular weight is 288 g/mol. The number of carboxylic acid groups (broad SMARTS) is 1. The summed E-state index contributed by atoms with van der Waals surface area (Å²) in [7, 11) is 1.58. The zero-order chi connectivity index (χ0) is 15.2. The molecule has 2 N–H and O–H groups in total. The van der Waals surface area contributed by atoms with Gasteiger partial charge in [0.25, 0.3) is 0 Å². The van der Waals surface area contributed by atoms with Crippen molar-refractivity contribution >= 4 is 11.7 Å². The molecule has 2 rings (SSSR count). The number of hydrogen-bond donors (Lipinski definition) is 2. The van der Waals surface area contributed by atoms with Crippen LogP contribution < -0.4 is 10.1 Å². The number of hydrogen-bond acceptors (Lipinski definition) is 4. The Hall–Kier alpha value is -2.22. The van der Waals surface area contributed by atoms with Gasteiger partial charge in [0, 0.05) is 12.6 Å². The van der Waals surface area contributed by atoms with Crippen LogP contribution in [0.3, 0.4) is 0 Å². The molecule has 0 saturated heterocycles. The Morgan fingerprint density at radius 3 is 2.90 bits per heavy atom. The maximum Gasteiger partial charge on any atom is 0.306 e. The zero-order valence-electron chi connectivity index (χ0n) is 12.1. The average Bonchev–Trinajstić information content (AvgIpc) is 2.52. The molecule has 5 heteroatoms. The molecular weight excluding hydrogens is 268 g/mol. The summed E-state index contributed by atoms with van der Waals surface area (Å²) in [5.41, 5.74) is 1.24. The Bertz CT molecular complexity index is 551. The van der Waals surface area contributed by atoms with E-state index in [0.717, 1.165) is 25.7 Å². The highest BCUT2D eigenvalue weighted by molar-refractivity contribution is 5.70. The Morgan fingerprint density at radius 1 is 1.48 bits per heavy atom. The van der Waals surface area contributed by atoms with Crippen molar-refractivity contribution < 1.29 is 14.6 Å². The molecule has 1 aromatic rings. The first-order valence-corrected chi connectivity index (χ1v) is 7.20. The first-order chi connectivity index (χ1) is 10.2. The zero-order valence-corrected chi connectivity index (χ0v) is 12.1. The lowest BCUT2D eigenvalue weighted by molar-refractivity contribution is -0.144. The lowest BCUT2D eigenvalue weighted by Gasteiger charge is -2.29. The van der Waals surface area contributed by atoms with Gasteiger partial charge in [0.1, 0.15) is 11.8 Å². The van der Waals surface area contributed by atoms with Crippen LogP contribution in [0.1, 0.15) is 31.2 Å². The molecule has 5 nitrogen and oxygen atoms in total. The van der Waals surface area contributed by atoms with E-state index in [2.05, 4.69) is 11.4 Å². The van der Waals surface area contributed by atoms with Crippen LogP contribution in [0.25, 0.3) is 0 Å². The van der Waals surface area contributed by atoms with E-state index >= 15 is 0 Å². The van der Waals surface area contributed by atoms with Crippen LogP contribution in [0, 0.1) is 23.2 Å². The van der Waals surface area contributed by atoms with Crippen molar-refractivity contribution in [2.24, 2.45) is 11.8 Å². The number of anilines is 1. The highest BCUT2D eigenvalue weighted by Crippen LogP contribution is 2.31. The lowest BCUT2D eigenvalue weighted by atomic mass is 9.79. The molecule has 21 heavy (non-hydrogen) atoms. The molecule has 2 unspecified atom stereocenters. The van der Waals surface area contributed by atoms with Gasteiger partial charge in [0.05, 0.1) is 24.3 Å². The minimum atomic E-state index is -0.715. The van der Waals surface area contributed by atoms with Crippen LogP contribution in [-0.4, -0.2) is 24.7 Å². The van der Waals surface area contributed by atoms with Gasteiger partial charge in [0.2, 0.25) is 0 Å². The monoisotopic (exact) mass is 288 g/mol. The van der Waals surface area contributed by atoms with E-state index in [9.17, 15) is 9.90 Å². The molecule has 1 aliphatic carbocycles. The summed E-state index contributed by atoms with van der Waals surface area (Å²) in [6.07, 6.45) is 3.70. The molecule has 0 heterocycles. The number of aliphatic carboxylic acids is 1. The second-order valence-corrected chi connectivity index (χ2v) is 5.39. The number of rotatable bonds is 5. The summed E-state index contributed by atoms with van der Waals surface area (Å²) >= 11 is 0. The molecule has 0 radical (unpaired) electrons. The number of methoxy groups -OCH3 is 1. The number of nitrogens with zero attached hydrogens (tertiary/aromatic N) is 1. The standard InChI is InChI=1S/C16H20N2O3/c1-21-13-7-6-11(9-17)15(8-13)18-10-12-4-2-3-5-14(12)16(19)20/h6-8,12,14,18H,2-5,10H2,1H3,(H,19,20). The summed E-state index contributed by atoms with van der Waals surface area (Å²) in [5, 5.41) is 21.7.